The third kappa shape index (κ3) is 23.4. The van der Waals surface area contributed by atoms with Gasteiger partial charge in [-0.15, -0.1) is 0 Å². The van der Waals surface area contributed by atoms with Crippen molar-refractivity contribution in [2.24, 2.45) is 0 Å². The monoisotopic (exact) mass is 369 g/mol. The Morgan fingerprint density at radius 2 is 1.15 bits per heavy atom. The minimum Gasteiger partial charge on any atom is -0.481 e. The number of carboxylic acid groups (broad SMARTS) is 1. The lowest BCUT2D eigenvalue weighted by molar-refractivity contribution is -0.137. The predicted octanol–water partition coefficient (Wildman–Crippen LogP) is 7.09. The van der Waals surface area contributed by atoms with E-state index < -0.39 is 5.97 Å². The second-order valence-corrected chi connectivity index (χ2v) is 7.97. The molecule has 0 radical (unpaired) electrons. The van der Waals surface area contributed by atoms with Crippen LogP contribution in [0.5, 0.6) is 0 Å². The van der Waals surface area contributed by atoms with Gasteiger partial charge in [0.15, 0.2) is 0 Å². The molecule has 0 spiro atoms. The minimum absolute atomic E-state index is 0.341. The van der Waals surface area contributed by atoms with Crippen LogP contribution in [0, 0.1) is 0 Å². The van der Waals surface area contributed by atoms with Gasteiger partial charge in [-0.1, -0.05) is 97.3 Å². The smallest absolute Gasteiger partial charge is 0.303 e. The first-order valence-corrected chi connectivity index (χ1v) is 11.7. The van der Waals surface area contributed by atoms with Gasteiger partial charge in [0, 0.05) is 12.5 Å². The zero-order valence-electron chi connectivity index (χ0n) is 17.9. The second-order valence-electron chi connectivity index (χ2n) is 7.97. The molecule has 0 saturated heterocycles. The summed E-state index contributed by atoms with van der Waals surface area (Å²) in [6.07, 6.45) is 23.0. The number of unbranched alkanes of at least 4 members (excludes halogenated alkanes) is 13. The van der Waals surface area contributed by atoms with Crippen LogP contribution in [0.25, 0.3) is 0 Å². The van der Waals surface area contributed by atoms with Gasteiger partial charge in [0.1, 0.15) is 0 Å². The summed E-state index contributed by atoms with van der Waals surface area (Å²) in [6, 6.07) is 0.902. The molecule has 1 aliphatic carbocycles. The number of hydrogen-bond donors (Lipinski definition) is 2. The predicted molar refractivity (Wildman–Crippen MR) is 114 cm³/mol. The highest BCUT2D eigenvalue weighted by Crippen LogP contribution is 2.18. The summed E-state index contributed by atoms with van der Waals surface area (Å²) in [6.45, 7) is 5.74. The summed E-state index contributed by atoms with van der Waals surface area (Å²) in [4.78, 5) is 10.1. The van der Waals surface area contributed by atoms with Crippen LogP contribution >= 0.6 is 0 Å². The molecular weight excluding hydrogens is 322 g/mol. The molecule has 0 atom stereocenters. The standard InChI is InChI=1S/C13H27N.C10H20O2/c1-2-3-4-5-6-7-8-9-12-14-13-10-11-13;1-2-3-4-5-6-7-8-9-10(11)12/h13-14H,2-12H2,1H3;2-9H2,1H3,(H,11,12). The Balaban J connectivity index is 0.000000488. The largest absolute Gasteiger partial charge is 0.481 e. The minimum atomic E-state index is -0.663. The molecule has 3 heteroatoms. The topological polar surface area (TPSA) is 49.3 Å². The maximum Gasteiger partial charge on any atom is 0.303 e. The average Bonchev–Trinajstić information content (AvgIpc) is 3.44. The van der Waals surface area contributed by atoms with Crippen molar-refractivity contribution in [2.45, 2.75) is 135 Å². The van der Waals surface area contributed by atoms with Crippen LogP contribution in [0.15, 0.2) is 0 Å². The van der Waals surface area contributed by atoms with E-state index >= 15 is 0 Å². The fraction of sp³-hybridized carbons (Fsp3) is 0.957. The first-order chi connectivity index (χ1) is 12.7. The number of rotatable bonds is 18. The Morgan fingerprint density at radius 1 is 0.731 bits per heavy atom. The van der Waals surface area contributed by atoms with Crippen molar-refractivity contribution in [2.75, 3.05) is 6.54 Å². The lowest BCUT2D eigenvalue weighted by atomic mass is 10.1. The molecular formula is C23H47NO2. The van der Waals surface area contributed by atoms with Crippen LogP contribution in [0.2, 0.25) is 0 Å². The number of aliphatic carboxylic acids is 1. The van der Waals surface area contributed by atoms with Crippen molar-refractivity contribution in [1.82, 2.24) is 5.32 Å². The Bertz CT molecular complexity index is 290. The molecule has 0 aromatic carbocycles. The lowest BCUT2D eigenvalue weighted by Crippen LogP contribution is -2.17. The molecule has 156 valence electrons. The first-order valence-electron chi connectivity index (χ1n) is 11.7. The summed E-state index contributed by atoms with van der Waals surface area (Å²) in [5.41, 5.74) is 0. The molecule has 0 amide bonds. The highest BCUT2D eigenvalue weighted by molar-refractivity contribution is 5.66. The highest BCUT2D eigenvalue weighted by Gasteiger charge is 2.19. The molecule has 1 saturated carbocycles. The van der Waals surface area contributed by atoms with E-state index in [0.29, 0.717) is 6.42 Å². The molecule has 1 fully saturated rings. The fourth-order valence-corrected chi connectivity index (χ4v) is 3.09. The van der Waals surface area contributed by atoms with E-state index in [1.54, 1.807) is 0 Å². The van der Waals surface area contributed by atoms with E-state index in [1.807, 2.05) is 0 Å². The second kappa shape index (κ2) is 20.7. The summed E-state index contributed by atoms with van der Waals surface area (Å²) >= 11 is 0. The van der Waals surface area contributed by atoms with Gasteiger partial charge in [-0.05, 0) is 32.2 Å². The van der Waals surface area contributed by atoms with Crippen molar-refractivity contribution in [3.63, 3.8) is 0 Å². The van der Waals surface area contributed by atoms with Gasteiger partial charge in [0.05, 0.1) is 0 Å². The first kappa shape index (κ1) is 25.4. The Labute approximate surface area is 163 Å². The highest BCUT2D eigenvalue weighted by atomic mass is 16.4. The van der Waals surface area contributed by atoms with E-state index in [9.17, 15) is 4.79 Å². The molecule has 3 nitrogen and oxygen atoms in total. The van der Waals surface area contributed by atoms with Gasteiger partial charge in [0.2, 0.25) is 0 Å². The molecule has 1 rings (SSSR count). The van der Waals surface area contributed by atoms with E-state index in [2.05, 4.69) is 19.2 Å². The molecule has 0 aromatic heterocycles. The van der Waals surface area contributed by atoms with Gasteiger partial charge in [0.25, 0.3) is 0 Å². The van der Waals surface area contributed by atoms with E-state index in [1.165, 1.54) is 103 Å². The maximum atomic E-state index is 10.1. The fourth-order valence-electron chi connectivity index (χ4n) is 3.09. The quantitative estimate of drug-likeness (QED) is 0.253. The maximum absolute atomic E-state index is 10.1. The SMILES string of the molecule is CCCCCCCCCC(=O)O.CCCCCCCCCCNC1CC1. The van der Waals surface area contributed by atoms with Crippen molar-refractivity contribution in [1.29, 1.82) is 0 Å². The molecule has 0 unspecified atom stereocenters. The van der Waals surface area contributed by atoms with Gasteiger partial charge in [-0.25, -0.2) is 0 Å². The molecule has 26 heavy (non-hydrogen) atoms. The van der Waals surface area contributed by atoms with Crippen LogP contribution in [-0.2, 0) is 4.79 Å². The molecule has 2 N–H and O–H groups in total. The van der Waals surface area contributed by atoms with Gasteiger partial charge < -0.3 is 10.4 Å². The Morgan fingerprint density at radius 3 is 1.58 bits per heavy atom. The lowest BCUT2D eigenvalue weighted by Gasteiger charge is -2.02. The van der Waals surface area contributed by atoms with Crippen molar-refractivity contribution >= 4 is 5.97 Å². The molecule has 0 aliphatic heterocycles. The Hall–Kier alpha value is -0.570. The van der Waals surface area contributed by atoms with E-state index in [0.717, 1.165) is 18.9 Å². The zero-order chi connectivity index (χ0) is 19.3. The molecule has 0 bridgehead atoms. The molecule has 1 aliphatic rings. The van der Waals surface area contributed by atoms with Crippen LogP contribution in [-0.4, -0.2) is 23.7 Å². The normalized spacial score (nSPS) is 13.3. The number of nitrogens with one attached hydrogen (secondary N) is 1. The van der Waals surface area contributed by atoms with Crippen molar-refractivity contribution in [3.05, 3.63) is 0 Å². The summed E-state index contributed by atoms with van der Waals surface area (Å²) < 4.78 is 0. The van der Waals surface area contributed by atoms with Crippen LogP contribution in [0.4, 0.5) is 0 Å². The van der Waals surface area contributed by atoms with Gasteiger partial charge in [-0.3, -0.25) is 4.79 Å². The molecule has 0 heterocycles. The number of carbonyl (C=O) groups is 1. The third-order valence-corrected chi connectivity index (χ3v) is 5.03. The third-order valence-electron chi connectivity index (χ3n) is 5.03. The van der Waals surface area contributed by atoms with E-state index in [-0.39, 0.29) is 0 Å². The van der Waals surface area contributed by atoms with Crippen LogP contribution in [0.3, 0.4) is 0 Å². The van der Waals surface area contributed by atoms with Gasteiger partial charge >= 0.3 is 5.97 Å². The molecule has 0 aromatic rings. The van der Waals surface area contributed by atoms with Crippen LogP contribution < -0.4 is 5.32 Å². The van der Waals surface area contributed by atoms with Crippen LogP contribution in [0.1, 0.15) is 129 Å². The summed E-state index contributed by atoms with van der Waals surface area (Å²) in [5, 5.41) is 11.9. The number of hydrogen-bond acceptors (Lipinski definition) is 2. The van der Waals surface area contributed by atoms with Gasteiger partial charge in [-0.2, -0.15) is 0 Å². The summed E-state index contributed by atoms with van der Waals surface area (Å²) in [7, 11) is 0. The van der Waals surface area contributed by atoms with E-state index in [4.69, 9.17) is 5.11 Å². The Kier molecular flexibility index (Phi) is 20.3. The van der Waals surface area contributed by atoms with Crippen molar-refractivity contribution < 1.29 is 9.90 Å². The number of carboxylic acids is 1. The van der Waals surface area contributed by atoms with Crippen molar-refractivity contribution in [3.8, 4) is 0 Å². The average molecular weight is 370 g/mol. The zero-order valence-corrected chi connectivity index (χ0v) is 17.9. The summed E-state index contributed by atoms with van der Waals surface area (Å²) in [5.74, 6) is -0.663.